The first-order valence-corrected chi connectivity index (χ1v) is 8.46. The summed E-state index contributed by atoms with van der Waals surface area (Å²) in [4.78, 5) is 6.39. The lowest BCUT2D eigenvalue weighted by Gasteiger charge is -2.32. The van der Waals surface area contributed by atoms with Gasteiger partial charge in [0, 0.05) is 37.6 Å². The molecular weight excluding hydrogens is 313 g/mol. The van der Waals surface area contributed by atoms with Gasteiger partial charge < -0.3 is 14.2 Å². The van der Waals surface area contributed by atoms with Crippen molar-refractivity contribution in [1.29, 1.82) is 0 Å². The Kier molecular flexibility index (Phi) is 4.16. The first kappa shape index (κ1) is 17.6. The molecule has 2 fully saturated rings. The second-order valence-corrected chi connectivity index (χ2v) is 7.83. The number of nitrogens with zero attached hydrogens (tertiary/aromatic N) is 2. The summed E-state index contributed by atoms with van der Waals surface area (Å²) in [6.07, 6.45) is 1.51. The van der Waals surface area contributed by atoms with Crippen LogP contribution in [-0.2, 0) is 9.31 Å². The Hall–Kier alpha value is -1.21. The molecule has 7 heteroatoms. The van der Waals surface area contributed by atoms with Gasteiger partial charge in [0.25, 0.3) is 5.92 Å². The SMILES string of the molecule is Cc1cc(N2CCC(F)(F)CC2)ncc1B1OC(C)(C)C(C)(C)O1. The molecule has 4 nitrogen and oxygen atoms in total. The summed E-state index contributed by atoms with van der Waals surface area (Å²) in [6.45, 7) is 10.7. The highest BCUT2D eigenvalue weighted by Crippen LogP contribution is 2.37. The van der Waals surface area contributed by atoms with Crippen LogP contribution in [-0.4, -0.2) is 42.3 Å². The second kappa shape index (κ2) is 5.66. The predicted molar refractivity (Wildman–Crippen MR) is 91.1 cm³/mol. The molecule has 2 aliphatic heterocycles. The lowest BCUT2D eigenvalue weighted by molar-refractivity contribution is -0.0221. The molecule has 0 atom stereocenters. The maximum atomic E-state index is 13.3. The third-order valence-corrected chi connectivity index (χ3v) is 5.46. The van der Waals surface area contributed by atoms with Crippen LogP contribution in [0.5, 0.6) is 0 Å². The smallest absolute Gasteiger partial charge is 0.399 e. The Labute approximate surface area is 142 Å². The summed E-state index contributed by atoms with van der Waals surface area (Å²) in [5, 5.41) is 0. The van der Waals surface area contributed by atoms with Crippen LogP contribution < -0.4 is 10.4 Å². The number of rotatable bonds is 2. The molecule has 0 radical (unpaired) electrons. The average molecular weight is 338 g/mol. The molecule has 0 bridgehead atoms. The molecule has 1 aromatic heterocycles. The van der Waals surface area contributed by atoms with Crippen molar-refractivity contribution in [3.05, 3.63) is 17.8 Å². The van der Waals surface area contributed by atoms with Gasteiger partial charge in [-0.05, 0) is 46.2 Å². The Morgan fingerprint density at radius 2 is 1.62 bits per heavy atom. The monoisotopic (exact) mass is 338 g/mol. The quantitative estimate of drug-likeness (QED) is 0.777. The molecule has 132 valence electrons. The number of hydrogen-bond donors (Lipinski definition) is 0. The molecular formula is C17H25BF2N2O2. The Balaban J connectivity index is 1.77. The van der Waals surface area contributed by atoms with Crippen LogP contribution in [0.1, 0.15) is 46.1 Å². The molecule has 0 spiro atoms. The van der Waals surface area contributed by atoms with Gasteiger partial charge in [-0.3, -0.25) is 0 Å². The van der Waals surface area contributed by atoms with E-state index < -0.39 is 24.2 Å². The lowest BCUT2D eigenvalue weighted by Crippen LogP contribution is -2.41. The summed E-state index contributed by atoms with van der Waals surface area (Å²) in [5.74, 6) is -1.81. The number of halogens is 2. The summed E-state index contributed by atoms with van der Waals surface area (Å²) < 4.78 is 38.8. The molecule has 1 aromatic rings. The van der Waals surface area contributed by atoms with Gasteiger partial charge in [0.15, 0.2) is 0 Å². The Morgan fingerprint density at radius 1 is 1.08 bits per heavy atom. The van der Waals surface area contributed by atoms with Crippen LogP contribution in [0.3, 0.4) is 0 Å². The van der Waals surface area contributed by atoms with Crippen molar-refractivity contribution in [2.24, 2.45) is 0 Å². The molecule has 0 unspecified atom stereocenters. The van der Waals surface area contributed by atoms with E-state index in [-0.39, 0.29) is 12.8 Å². The number of aromatic nitrogens is 1. The first-order chi connectivity index (χ1) is 11.0. The van der Waals surface area contributed by atoms with Crippen LogP contribution in [0, 0.1) is 6.92 Å². The summed E-state index contributed by atoms with van der Waals surface area (Å²) in [5.41, 5.74) is 1.08. The van der Waals surface area contributed by atoms with Crippen LogP contribution in [0.2, 0.25) is 0 Å². The van der Waals surface area contributed by atoms with E-state index in [4.69, 9.17) is 9.31 Å². The average Bonchev–Trinajstić information content (AvgIpc) is 2.67. The van der Waals surface area contributed by atoms with Gasteiger partial charge in [-0.25, -0.2) is 13.8 Å². The normalized spacial score (nSPS) is 25.1. The molecule has 3 rings (SSSR count). The summed E-state index contributed by atoms with van der Waals surface area (Å²) in [7, 11) is -0.456. The van der Waals surface area contributed by atoms with Crippen LogP contribution in [0.15, 0.2) is 12.3 Å². The minimum Gasteiger partial charge on any atom is -0.399 e. The van der Waals surface area contributed by atoms with Gasteiger partial charge in [-0.15, -0.1) is 0 Å². The highest BCUT2D eigenvalue weighted by Gasteiger charge is 2.52. The fourth-order valence-corrected chi connectivity index (χ4v) is 3.00. The number of piperidine rings is 1. The fraction of sp³-hybridized carbons (Fsp3) is 0.706. The highest BCUT2D eigenvalue weighted by molar-refractivity contribution is 6.62. The maximum absolute atomic E-state index is 13.3. The van der Waals surface area contributed by atoms with E-state index in [9.17, 15) is 8.78 Å². The number of alkyl halides is 2. The van der Waals surface area contributed by atoms with Gasteiger partial charge in [-0.1, -0.05) is 0 Å². The van der Waals surface area contributed by atoms with Crippen LogP contribution in [0.25, 0.3) is 0 Å². The minimum atomic E-state index is -2.55. The second-order valence-electron chi connectivity index (χ2n) is 7.83. The molecule has 2 aliphatic rings. The van der Waals surface area contributed by atoms with Gasteiger partial charge in [-0.2, -0.15) is 0 Å². The third kappa shape index (κ3) is 3.16. The third-order valence-electron chi connectivity index (χ3n) is 5.46. The highest BCUT2D eigenvalue weighted by atomic mass is 19.3. The van der Waals surface area contributed by atoms with Crippen molar-refractivity contribution < 1.29 is 18.1 Å². The Morgan fingerprint density at radius 3 is 2.12 bits per heavy atom. The maximum Gasteiger partial charge on any atom is 0.496 e. The van der Waals surface area contributed by atoms with E-state index in [1.807, 2.05) is 45.6 Å². The van der Waals surface area contributed by atoms with E-state index >= 15 is 0 Å². The molecule has 0 amide bonds. The molecule has 0 aromatic carbocycles. The van der Waals surface area contributed by atoms with Crippen molar-refractivity contribution in [1.82, 2.24) is 4.98 Å². The van der Waals surface area contributed by atoms with Gasteiger partial charge in [0.2, 0.25) is 0 Å². The lowest BCUT2D eigenvalue weighted by atomic mass is 9.77. The zero-order valence-electron chi connectivity index (χ0n) is 15.0. The summed E-state index contributed by atoms with van der Waals surface area (Å²) >= 11 is 0. The van der Waals surface area contributed by atoms with Crippen molar-refractivity contribution in [2.45, 2.75) is 64.6 Å². The first-order valence-electron chi connectivity index (χ1n) is 8.46. The van der Waals surface area contributed by atoms with E-state index in [2.05, 4.69) is 4.98 Å². The van der Waals surface area contributed by atoms with Crippen molar-refractivity contribution >= 4 is 18.4 Å². The van der Waals surface area contributed by atoms with E-state index in [1.54, 1.807) is 6.20 Å². The molecule has 24 heavy (non-hydrogen) atoms. The van der Waals surface area contributed by atoms with Crippen molar-refractivity contribution in [3.63, 3.8) is 0 Å². The van der Waals surface area contributed by atoms with Crippen molar-refractivity contribution in [2.75, 3.05) is 18.0 Å². The number of aryl methyl sites for hydroxylation is 1. The molecule has 3 heterocycles. The van der Waals surface area contributed by atoms with E-state index in [0.717, 1.165) is 16.8 Å². The molecule has 0 aliphatic carbocycles. The van der Waals surface area contributed by atoms with E-state index in [1.165, 1.54) is 0 Å². The molecule has 2 saturated heterocycles. The Bertz CT molecular complexity index is 611. The summed E-state index contributed by atoms with van der Waals surface area (Å²) in [6, 6.07) is 1.93. The van der Waals surface area contributed by atoms with Gasteiger partial charge in [0.1, 0.15) is 5.82 Å². The number of hydrogen-bond acceptors (Lipinski definition) is 4. The van der Waals surface area contributed by atoms with E-state index in [0.29, 0.717) is 13.1 Å². The van der Waals surface area contributed by atoms with Crippen LogP contribution >= 0.6 is 0 Å². The minimum absolute atomic E-state index is 0.118. The fourth-order valence-electron chi connectivity index (χ4n) is 3.00. The predicted octanol–water partition coefficient (Wildman–Crippen LogP) is 2.92. The zero-order chi connectivity index (χ0) is 17.8. The number of anilines is 1. The zero-order valence-corrected chi connectivity index (χ0v) is 15.0. The topological polar surface area (TPSA) is 34.6 Å². The number of pyridine rings is 1. The molecule has 0 N–H and O–H groups in total. The van der Waals surface area contributed by atoms with Gasteiger partial charge in [0.05, 0.1) is 11.2 Å². The van der Waals surface area contributed by atoms with Crippen molar-refractivity contribution in [3.8, 4) is 0 Å². The molecule has 0 saturated carbocycles. The van der Waals surface area contributed by atoms with Gasteiger partial charge >= 0.3 is 7.12 Å². The standard InChI is InChI=1S/C17H25BF2N2O2/c1-12-10-14(22-8-6-17(19,20)7-9-22)21-11-13(12)18-23-15(2,3)16(4,5)24-18/h10-11H,6-9H2,1-5H3. The largest absolute Gasteiger partial charge is 0.496 e. The van der Waals surface area contributed by atoms with Crippen LogP contribution in [0.4, 0.5) is 14.6 Å².